The number of rotatable bonds is 14. The number of benzene rings is 1. The molecule has 2 N–H and O–H groups in total. The summed E-state index contributed by atoms with van der Waals surface area (Å²) in [6, 6.07) is 14.8. The van der Waals surface area contributed by atoms with Crippen LogP contribution in [0.4, 0.5) is 5.69 Å². The van der Waals surface area contributed by atoms with Gasteiger partial charge in [0.05, 0.1) is 46.8 Å². The highest BCUT2D eigenvalue weighted by molar-refractivity contribution is 8.03. The Labute approximate surface area is 223 Å². The van der Waals surface area contributed by atoms with Crippen LogP contribution in [-0.2, 0) is 14.3 Å². The molecule has 1 aliphatic rings. The van der Waals surface area contributed by atoms with E-state index < -0.39 is 5.92 Å². The number of nitrogens with zero attached hydrogens (tertiary/aromatic N) is 1. The molecule has 196 valence electrons. The number of amides is 1. The molecule has 0 fully saturated rings. The summed E-state index contributed by atoms with van der Waals surface area (Å²) < 4.78 is 11.0. The van der Waals surface area contributed by atoms with Gasteiger partial charge in [-0.05, 0) is 37.6 Å². The number of anilines is 1. The Morgan fingerprint density at radius 3 is 2.49 bits per heavy atom. The molecule has 1 amide bonds. The zero-order chi connectivity index (χ0) is 26.5. The topological polar surface area (TPSA) is 104 Å². The number of hydrogen-bond donors (Lipinski definition) is 2. The summed E-state index contributed by atoms with van der Waals surface area (Å²) in [6.07, 6.45) is 9.58. The first-order valence-electron chi connectivity index (χ1n) is 12.8. The van der Waals surface area contributed by atoms with Crippen LogP contribution in [0, 0.1) is 11.3 Å². The molecule has 0 bridgehead atoms. The number of carbonyl (C=O) groups is 2. The van der Waals surface area contributed by atoms with E-state index in [-0.39, 0.29) is 17.6 Å². The number of thioether (sulfide) groups is 1. The molecule has 0 saturated heterocycles. The van der Waals surface area contributed by atoms with Crippen molar-refractivity contribution in [2.45, 2.75) is 64.7 Å². The number of nitrogens with one attached hydrogen (secondary N) is 2. The van der Waals surface area contributed by atoms with E-state index in [4.69, 9.17) is 9.15 Å². The first-order chi connectivity index (χ1) is 18.0. The lowest BCUT2D eigenvalue weighted by Crippen LogP contribution is -2.30. The number of allylic oxidation sites excluding steroid dienone is 2. The lowest BCUT2D eigenvalue weighted by atomic mass is 9.85. The Morgan fingerprint density at radius 2 is 1.81 bits per heavy atom. The molecular weight excluding hydrogens is 486 g/mol. The second-order valence-corrected chi connectivity index (χ2v) is 9.90. The minimum atomic E-state index is -0.698. The minimum Gasteiger partial charge on any atom is -0.468 e. The summed E-state index contributed by atoms with van der Waals surface area (Å²) in [5, 5.41) is 16.7. The van der Waals surface area contributed by atoms with Crippen molar-refractivity contribution in [3.05, 3.63) is 76.4 Å². The van der Waals surface area contributed by atoms with Gasteiger partial charge in [0.2, 0.25) is 0 Å². The number of esters is 1. The monoisotopic (exact) mass is 521 g/mol. The smallest absolute Gasteiger partial charge is 0.316 e. The van der Waals surface area contributed by atoms with E-state index in [1.165, 1.54) is 43.7 Å². The quantitative estimate of drug-likeness (QED) is 0.212. The normalized spacial score (nSPS) is 15.2. The molecule has 2 heterocycles. The highest BCUT2D eigenvalue weighted by Crippen LogP contribution is 2.41. The Balaban J connectivity index is 1.64. The number of carbonyl (C=O) groups excluding carboxylic acids is 2. The number of para-hydroxylation sites is 1. The first-order valence-corrected chi connectivity index (χ1v) is 13.8. The van der Waals surface area contributed by atoms with Crippen molar-refractivity contribution in [1.82, 2.24) is 5.32 Å². The van der Waals surface area contributed by atoms with Crippen LogP contribution in [0.5, 0.6) is 0 Å². The average Bonchev–Trinajstić information content (AvgIpc) is 3.44. The Hall–Kier alpha value is -3.44. The molecule has 0 spiro atoms. The Bertz CT molecular complexity index is 1130. The van der Waals surface area contributed by atoms with Crippen molar-refractivity contribution in [3.8, 4) is 6.07 Å². The molecule has 1 aromatic heterocycles. The maximum atomic E-state index is 13.3. The number of dihydropyridines is 1. The van der Waals surface area contributed by atoms with Crippen LogP contribution >= 0.6 is 11.8 Å². The van der Waals surface area contributed by atoms with E-state index in [1.54, 1.807) is 31.2 Å². The zero-order valence-corrected chi connectivity index (χ0v) is 22.4. The van der Waals surface area contributed by atoms with E-state index in [9.17, 15) is 14.9 Å². The summed E-state index contributed by atoms with van der Waals surface area (Å²) in [7, 11) is 0. The Kier molecular flexibility index (Phi) is 11.4. The molecule has 0 unspecified atom stereocenters. The second-order valence-electron chi connectivity index (χ2n) is 8.92. The average molecular weight is 522 g/mol. The van der Waals surface area contributed by atoms with Crippen LogP contribution in [0.15, 0.2) is 75.0 Å². The summed E-state index contributed by atoms with van der Waals surface area (Å²) in [6.45, 7) is 4.39. The molecule has 2 aromatic rings. The van der Waals surface area contributed by atoms with Crippen LogP contribution in [0.1, 0.15) is 70.5 Å². The van der Waals surface area contributed by atoms with Crippen LogP contribution in [-0.4, -0.2) is 24.2 Å². The van der Waals surface area contributed by atoms with E-state index in [2.05, 4.69) is 23.6 Å². The molecule has 7 nitrogen and oxygen atoms in total. The number of unbranched alkanes of at least 4 members (excludes halogenated alkanes) is 6. The summed E-state index contributed by atoms with van der Waals surface area (Å²) in [5.41, 5.74) is 1.95. The van der Waals surface area contributed by atoms with Gasteiger partial charge in [0.15, 0.2) is 0 Å². The van der Waals surface area contributed by atoms with Gasteiger partial charge in [-0.3, -0.25) is 9.59 Å². The molecule has 8 heteroatoms. The van der Waals surface area contributed by atoms with Gasteiger partial charge in [-0.1, -0.05) is 75.4 Å². The summed E-state index contributed by atoms with van der Waals surface area (Å²) in [5.74, 6) is -0.811. The molecule has 0 saturated carbocycles. The third-order valence-corrected chi connectivity index (χ3v) is 7.09. The first kappa shape index (κ1) is 28.1. The molecule has 1 aromatic carbocycles. The fourth-order valence-electron chi connectivity index (χ4n) is 4.21. The van der Waals surface area contributed by atoms with Crippen molar-refractivity contribution in [1.29, 1.82) is 5.26 Å². The molecule has 0 radical (unpaired) electrons. The lowest BCUT2D eigenvalue weighted by molar-refractivity contribution is -0.140. The van der Waals surface area contributed by atoms with E-state index in [1.807, 2.05) is 18.2 Å². The molecule has 0 aliphatic carbocycles. The van der Waals surface area contributed by atoms with Crippen LogP contribution in [0.25, 0.3) is 0 Å². The molecule has 3 rings (SSSR count). The number of ether oxygens (including phenoxy) is 1. The molecular formula is C29H35N3O4S. The van der Waals surface area contributed by atoms with Gasteiger partial charge in [0, 0.05) is 11.4 Å². The molecule has 37 heavy (non-hydrogen) atoms. The highest BCUT2D eigenvalue weighted by Gasteiger charge is 2.36. The van der Waals surface area contributed by atoms with Crippen molar-refractivity contribution in [2.24, 2.45) is 0 Å². The van der Waals surface area contributed by atoms with Gasteiger partial charge in [-0.2, -0.15) is 5.26 Å². The van der Waals surface area contributed by atoms with Gasteiger partial charge < -0.3 is 19.8 Å². The fourth-order valence-corrected chi connectivity index (χ4v) is 5.10. The SMILES string of the molecule is CCCCCCCCCOC(=O)CSC1=C(C#N)[C@H](c2ccco2)C(C(=O)Nc2ccccc2)=C(C)N1. The maximum absolute atomic E-state index is 13.3. The van der Waals surface area contributed by atoms with Gasteiger partial charge in [0.1, 0.15) is 5.76 Å². The predicted molar refractivity (Wildman–Crippen MR) is 146 cm³/mol. The third-order valence-electron chi connectivity index (χ3n) is 6.10. The van der Waals surface area contributed by atoms with Gasteiger partial charge in [-0.15, -0.1) is 0 Å². The lowest BCUT2D eigenvalue weighted by Gasteiger charge is -2.28. The number of furan rings is 1. The van der Waals surface area contributed by atoms with E-state index in [0.717, 1.165) is 19.3 Å². The van der Waals surface area contributed by atoms with Crippen molar-refractivity contribution in [3.63, 3.8) is 0 Å². The van der Waals surface area contributed by atoms with Crippen LogP contribution in [0.3, 0.4) is 0 Å². The molecule has 1 aliphatic heterocycles. The van der Waals surface area contributed by atoms with Crippen molar-refractivity contribution >= 4 is 29.3 Å². The summed E-state index contributed by atoms with van der Waals surface area (Å²) >= 11 is 1.20. The van der Waals surface area contributed by atoms with Gasteiger partial charge >= 0.3 is 5.97 Å². The number of hydrogen-bond acceptors (Lipinski definition) is 7. The maximum Gasteiger partial charge on any atom is 0.316 e. The van der Waals surface area contributed by atoms with Gasteiger partial charge in [-0.25, -0.2) is 0 Å². The van der Waals surface area contributed by atoms with Crippen molar-refractivity contribution < 1.29 is 18.7 Å². The second kappa shape index (κ2) is 15.0. The van der Waals surface area contributed by atoms with E-state index >= 15 is 0 Å². The standard InChI is InChI=1S/C29H35N3O4S/c1-3-4-5-6-7-8-12-17-36-25(33)20-37-29-23(19-30)27(24-16-13-18-35-24)26(21(2)31-29)28(34)32-22-14-10-9-11-15-22/h9-11,13-16,18,27,31H,3-8,12,17,20H2,1-2H3,(H,32,34)/t27-/m1/s1. The summed E-state index contributed by atoms with van der Waals surface area (Å²) in [4.78, 5) is 25.7. The fraction of sp³-hybridized carbons (Fsp3) is 0.414. The van der Waals surface area contributed by atoms with Gasteiger partial charge in [0.25, 0.3) is 5.91 Å². The van der Waals surface area contributed by atoms with Crippen LogP contribution in [0.2, 0.25) is 0 Å². The number of nitriles is 1. The van der Waals surface area contributed by atoms with Crippen LogP contribution < -0.4 is 10.6 Å². The third kappa shape index (κ3) is 8.29. The van der Waals surface area contributed by atoms with E-state index in [0.29, 0.717) is 39.9 Å². The zero-order valence-electron chi connectivity index (χ0n) is 21.5. The minimum absolute atomic E-state index is 0.0632. The molecule has 1 atom stereocenters. The largest absolute Gasteiger partial charge is 0.468 e. The Morgan fingerprint density at radius 1 is 1.08 bits per heavy atom. The highest BCUT2D eigenvalue weighted by atomic mass is 32.2. The van der Waals surface area contributed by atoms with Crippen molar-refractivity contribution in [2.75, 3.05) is 17.7 Å². The predicted octanol–water partition coefficient (Wildman–Crippen LogP) is 6.64.